The van der Waals surface area contributed by atoms with Crippen LogP contribution < -0.4 is 5.73 Å². The second kappa shape index (κ2) is 4.49. The Bertz CT molecular complexity index is 493. The number of aryl methyl sites for hydroxylation is 2. The molecule has 0 saturated heterocycles. The highest BCUT2D eigenvalue weighted by Gasteiger charge is 2.03. The predicted molar refractivity (Wildman–Crippen MR) is 64.3 cm³/mol. The Morgan fingerprint density at radius 1 is 1.12 bits per heavy atom. The molecule has 2 N–H and O–H groups in total. The molecular formula is C11H12N4S. The van der Waals surface area contributed by atoms with Gasteiger partial charge in [-0.2, -0.15) is 0 Å². The molecule has 2 aromatic rings. The molecule has 82 valence electrons. The number of anilines is 1. The Hall–Kier alpha value is -1.62. The number of hydrogen-bond donors (Lipinski definition) is 1. The number of nitrogens with zero attached hydrogens (tertiary/aromatic N) is 3. The topological polar surface area (TPSA) is 64.7 Å². The minimum atomic E-state index is 0.696. The average Bonchev–Trinajstić information content (AvgIpc) is 2.15. The first-order chi connectivity index (χ1) is 7.63. The van der Waals surface area contributed by atoms with Crippen molar-refractivity contribution in [1.82, 2.24) is 15.0 Å². The maximum Gasteiger partial charge on any atom is 0.194 e. The van der Waals surface area contributed by atoms with Crippen LogP contribution in [0.4, 0.5) is 5.69 Å². The molecule has 0 amide bonds. The Morgan fingerprint density at radius 2 is 1.81 bits per heavy atom. The third-order valence-electron chi connectivity index (χ3n) is 1.92. The molecule has 0 aromatic carbocycles. The summed E-state index contributed by atoms with van der Waals surface area (Å²) >= 11 is 1.42. The van der Waals surface area contributed by atoms with Gasteiger partial charge in [-0.3, -0.25) is 0 Å². The van der Waals surface area contributed by atoms with E-state index in [0.717, 1.165) is 16.4 Å². The zero-order chi connectivity index (χ0) is 11.5. The van der Waals surface area contributed by atoms with Gasteiger partial charge < -0.3 is 5.73 Å². The second-order valence-electron chi connectivity index (χ2n) is 3.46. The Labute approximate surface area is 98.3 Å². The summed E-state index contributed by atoms with van der Waals surface area (Å²) in [5.41, 5.74) is 8.29. The van der Waals surface area contributed by atoms with Gasteiger partial charge in [-0.25, -0.2) is 15.0 Å². The van der Waals surface area contributed by atoms with E-state index in [9.17, 15) is 0 Å². The van der Waals surface area contributed by atoms with Crippen molar-refractivity contribution in [2.45, 2.75) is 24.0 Å². The van der Waals surface area contributed by atoms with E-state index in [1.165, 1.54) is 11.8 Å². The summed E-state index contributed by atoms with van der Waals surface area (Å²) in [4.78, 5) is 12.9. The van der Waals surface area contributed by atoms with Gasteiger partial charge in [-0.05, 0) is 43.8 Å². The van der Waals surface area contributed by atoms with E-state index >= 15 is 0 Å². The van der Waals surface area contributed by atoms with Gasteiger partial charge in [-0.1, -0.05) is 0 Å². The molecule has 0 aliphatic carbocycles. The van der Waals surface area contributed by atoms with E-state index in [1.807, 2.05) is 26.0 Å². The highest BCUT2D eigenvalue weighted by molar-refractivity contribution is 7.99. The third kappa shape index (κ3) is 2.70. The second-order valence-corrected chi connectivity index (χ2v) is 4.45. The normalized spacial score (nSPS) is 10.4. The number of aromatic nitrogens is 3. The number of hydrogen-bond acceptors (Lipinski definition) is 5. The van der Waals surface area contributed by atoms with E-state index in [2.05, 4.69) is 15.0 Å². The van der Waals surface area contributed by atoms with Crippen molar-refractivity contribution < 1.29 is 0 Å². The maximum absolute atomic E-state index is 5.68. The van der Waals surface area contributed by atoms with Crippen molar-refractivity contribution in [2.24, 2.45) is 0 Å². The fourth-order valence-corrected chi connectivity index (χ4v) is 2.19. The first kappa shape index (κ1) is 10.9. The maximum atomic E-state index is 5.68. The van der Waals surface area contributed by atoms with Gasteiger partial charge in [-0.15, -0.1) is 0 Å². The molecule has 0 radical (unpaired) electrons. The first-order valence-electron chi connectivity index (χ1n) is 4.85. The molecule has 0 aliphatic heterocycles. The smallest absolute Gasteiger partial charge is 0.194 e. The van der Waals surface area contributed by atoms with E-state index in [0.29, 0.717) is 10.8 Å². The zero-order valence-electron chi connectivity index (χ0n) is 9.14. The van der Waals surface area contributed by atoms with Crippen LogP contribution in [0.1, 0.15) is 11.4 Å². The SMILES string of the molecule is Cc1cc(C)nc(Sc2cc(N)ccn2)n1. The highest BCUT2D eigenvalue weighted by Crippen LogP contribution is 2.23. The molecule has 0 saturated carbocycles. The monoisotopic (exact) mass is 232 g/mol. The van der Waals surface area contributed by atoms with Crippen LogP contribution in [0.5, 0.6) is 0 Å². The molecule has 4 nitrogen and oxygen atoms in total. The molecule has 0 aliphatic rings. The largest absolute Gasteiger partial charge is 0.399 e. The lowest BCUT2D eigenvalue weighted by Crippen LogP contribution is -1.93. The summed E-state index contributed by atoms with van der Waals surface area (Å²) in [5.74, 6) is 0. The van der Waals surface area contributed by atoms with Gasteiger partial charge >= 0.3 is 0 Å². The highest BCUT2D eigenvalue weighted by atomic mass is 32.2. The summed E-state index contributed by atoms with van der Waals surface area (Å²) < 4.78 is 0. The first-order valence-corrected chi connectivity index (χ1v) is 5.67. The number of nitrogens with two attached hydrogens (primary N) is 1. The van der Waals surface area contributed by atoms with E-state index in [4.69, 9.17) is 5.73 Å². The average molecular weight is 232 g/mol. The summed E-state index contributed by atoms with van der Waals surface area (Å²) in [6, 6.07) is 5.51. The number of nitrogen functional groups attached to an aromatic ring is 1. The van der Waals surface area contributed by atoms with Crippen molar-refractivity contribution in [1.29, 1.82) is 0 Å². The van der Waals surface area contributed by atoms with Crippen molar-refractivity contribution in [3.8, 4) is 0 Å². The number of pyridine rings is 1. The molecule has 0 bridgehead atoms. The summed E-state index contributed by atoms with van der Waals surface area (Å²) in [5, 5.41) is 1.51. The van der Waals surface area contributed by atoms with Crippen LogP contribution >= 0.6 is 11.8 Å². The molecule has 2 heterocycles. The van der Waals surface area contributed by atoms with Gasteiger partial charge in [0.2, 0.25) is 0 Å². The lowest BCUT2D eigenvalue weighted by molar-refractivity contribution is 0.899. The van der Waals surface area contributed by atoms with Crippen LogP contribution in [0, 0.1) is 13.8 Å². The molecule has 2 rings (SSSR count). The fourth-order valence-electron chi connectivity index (χ4n) is 1.31. The Kier molecular flexibility index (Phi) is 3.05. The van der Waals surface area contributed by atoms with Gasteiger partial charge in [0.15, 0.2) is 5.16 Å². The molecule has 0 fully saturated rings. The van der Waals surface area contributed by atoms with Crippen molar-refractivity contribution in [3.63, 3.8) is 0 Å². The van der Waals surface area contributed by atoms with Crippen molar-refractivity contribution in [2.75, 3.05) is 5.73 Å². The van der Waals surface area contributed by atoms with Crippen LogP contribution in [0.25, 0.3) is 0 Å². The quantitative estimate of drug-likeness (QED) is 0.804. The number of rotatable bonds is 2. The standard InChI is InChI=1S/C11H12N4S/c1-7-5-8(2)15-11(14-7)16-10-6-9(12)3-4-13-10/h3-6H,1-2H3,(H2,12,13). The van der Waals surface area contributed by atoms with Crippen LogP contribution in [0.2, 0.25) is 0 Å². The van der Waals surface area contributed by atoms with Gasteiger partial charge in [0.05, 0.1) is 0 Å². The molecule has 0 spiro atoms. The summed E-state index contributed by atoms with van der Waals surface area (Å²) in [6.07, 6.45) is 1.68. The molecule has 0 unspecified atom stereocenters. The molecule has 16 heavy (non-hydrogen) atoms. The van der Waals surface area contributed by atoms with Gasteiger partial charge in [0.1, 0.15) is 5.03 Å². The fraction of sp³-hybridized carbons (Fsp3) is 0.182. The van der Waals surface area contributed by atoms with Crippen LogP contribution in [-0.4, -0.2) is 15.0 Å². The van der Waals surface area contributed by atoms with Crippen molar-refractivity contribution >= 4 is 17.4 Å². The minimum Gasteiger partial charge on any atom is -0.399 e. The molecule has 2 aromatic heterocycles. The van der Waals surface area contributed by atoms with Gasteiger partial charge in [0, 0.05) is 23.3 Å². The molecule has 0 atom stereocenters. The molecular weight excluding hydrogens is 220 g/mol. The van der Waals surface area contributed by atoms with E-state index in [1.54, 1.807) is 12.3 Å². The van der Waals surface area contributed by atoms with Crippen LogP contribution in [-0.2, 0) is 0 Å². The van der Waals surface area contributed by atoms with E-state index in [-0.39, 0.29) is 0 Å². The van der Waals surface area contributed by atoms with Crippen LogP contribution in [0.3, 0.4) is 0 Å². The third-order valence-corrected chi connectivity index (χ3v) is 2.71. The minimum absolute atomic E-state index is 0.696. The lowest BCUT2D eigenvalue weighted by Gasteiger charge is -2.02. The van der Waals surface area contributed by atoms with E-state index < -0.39 is 0 Å². The van der Waals surface area contributed by atoms with Crippen molar-refractivity contribution in [3.05, 3.63) is 35.8 Å². The Morgan fingerprint density at radius 3 is 2.44 bits per heavy atom. The lowest BCUT2D eigenvalue weighted by atomic mass is 10.4. The Balaban J connectivity index is 2.27. The summed E-state index contributed by atoms with van der Waals surface area (Å²) in [6.45, 7) is 3.90. The molecule has 5 heteroatoms. The predicted octanol–water partition coefficient (Wildman–Crippen LogP) is 2.22. The summed E-state index contributed by atoms with van der Waals surface area (Å²) in [7, 11) is 0. The zero-order valence-corrected chi connectivity index (χ0v) is 9.95. The van der Waals surface area contributed by atoms with Crippen LogP contribution in [0.15, 0.2) is 34.6 Å². The van der Waals surface area contributed by atoms with Gasteiger partial charge in [0.25, 0.3) is 0 Å².